The van der Waals surface area contributed by atoms with Gasteiger partial charge >= 0.3 is 0 Å². The number of aromatic nitrogens is 3. The van der Waals surface area contributed by atoms with Gasteiger partial charge in [0.25, 0.3) is 11.6 Å². The number of aryl methyl sites for hydroxylation is 1. The summed E-state index contributed by atoms with van der Waals surface area (Å²) in [6, 6.07) is 4.38. The average molecular weight is 319 g/mol. The zero-order chi connectivity index (χ0) is 15.7. The van der Waals surface area contributed by atoms with Gasteiger partial charge in [0.15, 0.2) is 5.16 Å². The molecule has 0 saturated heterocycles. The maximum Gasteiger partial charge on any atom is 0.273 e. The summed E-state index contributed by atoms with van der Waals surface area (Å²) in [6.45, 7) is 2.38. The van der Waals surface area contributed by atoms with Crippen molar-refractivity contribution in [1.29, 1.82) is 0 Å². The van der Waals surface area contributed by atoms with E-state index in [9.17, 15) is 14.9 Å². The average Bonchev–Trinajstić information content (AvgIpc) is 2.90. The van der Waals surface area contributed by atoms with Crippen molar-refractivity contribution in [2.75, 3.05) is 11.1 Å². The molecule has 1 amide bonds. The monoisotopic (exact) mass is 319 g/mol. The van der Waals surface area contributed by atoms with E-state index in [1.54, 1.807) is 30.8 Å². The minimum Gasteiger partial charge on any atom is -0.290 e. The maximum absolute atomic E-state index is 12.3. The number of benzene rings is 1. The van der Waals surface area contributed by atoms with Crippen LogP contribution in [0.3, 0.4) is 0 Å². The number of nitro benzene ring substituents is 1. The van der Waals surface area contributed by atoms with Gasteiger partial charge in [0, 0.05) is 29.5 Å². The van der Waals surface area contributed by atoms with Crippen molar-refractivity contribution in [2.45, 2.75) is 25.0 Å². The zero-order valence-corrected chi connectivity index (χ0v) is 12.6. The minimum atomic E-state index is -0.498. The van der Waals surface area contributed by atoms with Crippen molar-refractivity contribution < 1.29 is 9.72 Å². The van der Waals surface area contributed by atoms with E-state index >= 15 is 0 Å². The molecule has 2 heterocycles. The number of carbonyl (C=O) groups is 1. The number of fused-ring (bicyclic) bond motifs is 1. The predicted octanol–water partition coefficient (Wildman–Crippen LogP) is 2.24. The van der Waals surface area contributed by atoms with Crippen molar-refractivity contribution in [3.63, 3.8) is 0 Å². The fourth-order valence-electron chi connectivity index (χ4n) is 2.20. The van der Waals surface area contributed by atoms with E-state index in [1.807, 2.05) is 4.57 Å². The molecule has 0 bridgehead atoms. The summed E-state index contributed by atoms with van der Waals surface area (Å²) in [5.74, 6) is 0.917. The smallest absolute Gasteiger partial charge is 0.273 e. The van der Waals surface area contributed by atoms with Crippen LogP contribution in [0.15, 0.2) is 23.4 Å². The third-order valence-electron chi connectivity index (χ3n) is 3.37. The Morgan fingerprint density at radius 3 is 3.05 bits per heavy atom. The summed E-state index contributed by atoms with van der Waals surface area (Å²) in [5, 5.41) is 22.4. The number of nitro groups is 1. The summed E-state index contributed by atoms with van der Waals surface area (Å²) < 4.78 is 1.84. The molecule has 9 heteroatoms. The Morgan fingerprint density at radius 2 is 2.27 bits per heavy atom. The second-order valence-corrected chi connectivity index (χ2v) is 5.93. The molecule has 1 aromatic heterocycles. The van der Waals surface area contributed by atoms with Gasteiger partial charge in [0.1, 0.15) is 0 Å². The Bertz CT molecular complexity index is 758. The van der Waals surface area contributed by atoms with Gasteiger partial charge in [-0.1, -0.05) is 17.8 Å². The Kier molecular flexibility index (Phi) is 3.80. The molecule has 1 aromatic carbocycles. The maximum atomic E-state index is 12.3. The first-order valence-corrected chi connectivity index (χ1v) is 7.67. The van der Waals surface area contributed by atoms with E-state index in [2.05, 4.69) is 15.5 Å². The van der Waals surface area contributed by atoms with Crippen LogP contribution in [0.5, 0.6) is 0 Å². The molecule has 2 aromatic rings. The lowest BCUT2D eigenvalue weighted by Gasteiger charge is -2.14. The molecule has 114 valence electrons. The number of nitrogens with zero attached hydrogens (tertiary/aromatic N) is 4. The number of carbonyl (C=O) groups excluding carboxylic acids is 1. The highest BCUT2D eigenvalue weighted by atomic mass is 32.2. The van der Waals surface area contributed by atoms with Crippen LogP contribution in [0.2, 0.25) is 0 Å². The number of hydrogen-bond acceptors (Lipinski definition) is 6. The second-order valence-electron chi connectivity index (χ2n) is 4.87. The van der Waals surface area contributed by atoms with Crippen molar-refractivity contribution in [3.05, 3.63) is 39.4 Å². The third kappa shape index (κ3) is 2.67. The van der Waals surface area contributed by atoms with E-state index in [0.717, 1.165) is 23.9 Å². The van der Waals surface area contributed by atoms with Gasteiger partial charge in [-0.2, -0.15) is 0 Å². The molecule has 1 aliphatic heterocycles. The van der Waals surface area contributed by atoms with Crippen LogP contribution in [0.4, 0.5) is 11.6 Å². The van der Waals surface area contributed by atoms with Crippen molar-refractivity contribution in [1.82, 2.24) is 14.8 Å². The number of amides is 1. The summed E-state index contributed by atoms with van der Waals surface area (Å²) in [4.78, 5) is 22.7. The van der Waals surface area contributed by atoms with Crippen molar-refractivity contribution >= 4 is 29.3 Å². The van der Waals surface area contributed by atoms with Gasteiger partial charge in [-0.15, -0.1) is 10.2 Å². The number of hydrogen-bond donors (Lipinski definition) is 1. The van der Waals surface area contributed by atoms with E-state index in [1.165, 1.54) is 6.07 Å². The van der Waals surface area contributed by atoms with E-state index in [4.69, 9.17) is 0 Å². The van der Waals surface area contributed by atoms with Gasteiger partial charge in [-0.05, 0) is 19.4 Å². The summed E-state index contributed by atoms with van der Waals surface area (Å²) in [7, 11) is 0. The minimum absolute atomic E-state index is 0.0773. The Morgan fingerprint density at radius 1 is 1.45 bits per heavy atom. The number of thioether (sulfide) groups is 1. The highest BCUT2D eigenvalue weighted by Gasteiger charge is 2.20. The largest absolute Gasteiger partial charge is 0.290 e. The molecule has 0 unspecified atom stereocenters. The fraction of sp³-hybridized carbons (Fsp3) is 0.308. The van der Waals surface area contributed by atoms with Crippen LogP contribution < -0.4 is 5.32 Å². The SMILES string of the molecule is Cc1ccc(C(=O)Nc2nnc3n2CCCS3)cc1[N+](=O)[O-]. The Labute approximate surface area is 130 Å². The first-order chi connectivity index (χ1) is 10.6. The van der Waals surface area contributed by atoms with Crippen LogP contribution in [-0.2, 0) is 6.54 Å². The molecule has 0 radical (unpaired) electrons. The molecule has 3 rings (SSSR count). The van der Waals surface area contributed by atoms with Gasteiger partial charge in [-0.3, -0.25) is 24.8 Å². The molecular formula is C13H13N5O3S. The molecule has 0 spiro atoms. The standard InChI is InChI=1S/C13H13N5O3S/c1-8-3-4-9(7-10(8)18(20)21)11(19)14-12-15-16-13-17(12)5-2-6-22-13/h3-4,7H,2,5-6H2,1H3,(H,14,15,19). The first kappa shape index (κ1) is 14.5. The van der Waals surface area contributed by atoms with Gasteiger partial charge in [-0.25, -0.2) is 0 Å². The summed E-state index contributed by atoms with van der Waals surface area (Å²) >= 11 is 1.59. The molecule has 0 aliphatic carbocycles. The fourth-order valence-corrected chi connectivity index (χ4v) is 3.08. The van der Waals surface area contributed by atoms with Crippen LogP contribution in [0.1, 0.15) is 22.3 Å². The van der Waals surface area contributed by atoms with Crippen LogP contribution in [-0.4, -0.2) is 31.3 Å². The molecule has 1 aliphatic rings. The van der Waals surface area contributed by atoms with Crippen LogP contribution in [0, 0.1) is 17.0 Å². The first-order valence-electron chi connectivity index (χ1n) is 6.68. The molecule has 0 atom stereocenters. The quantitative estimate of drug-likeness (QED) is 0.687. The highest BCUT2D eigenvalue weighted by molar-refractivity contribution is 7.99. The predicted molar refractivity (Wildman–Crippen MR) is 81.1 cm³/mol. The molecule has 1 N–H and O–H groups in total. The van der Waals surface area contributed by atoms with Crippen molar-refractivity contribution in [2.24, 2.45) is 0 Å². The van der Waals surface area contributed by atoms with Gasteiger partial charge in [0.05, 0.1) is 4.92 Å². The lowest BCUT2D eigenvalue weighted by Crippen LogP contribution is -2.18. The number of rotatable bonds is 3. The normalized spacial score (nSPS) is 13.5. The molecule has 0 fully saturated rings. The lowest BCUT2D eigenvalue weighted by molar-refractivity contribution is -0.385. The Hall–Kier alpha value is -2.42. The second kappa shape index (κ2) is 5.76. The highest BCUT2D eigenvalue weighted by Crippen LogP contribution is 2.26. The summed E-state index contributed by atoms with van der Waals surface area (Å²) in [5.41, 5.74) is 0.655. The molecule has 22 heavy (non-hydrogen) atoms. The van der Waals surface area contributed by atoms with Crippen LogP contribution >= 0.6 is 11.8 Å². The van der Waals surface area contributed by atoms with E-state index in [-0.39, 0.29) is 11.3 Å². The van der Waals surface area contributed by atoms with Gasteiger partial charge in [0.2, 0.25) is 5.95 Å². The topological polar surface area (TPSA) is 103 Å². The van der Waals surface area contributed by atoms with E-state index < -0.39 is 10.8 Å². The molecule has 8 nitrogen and oxygen atoms in total. The van der Waals surface area contributed by atoms with Crippen LogP contribution in [0.25, 0.3) is 0 Å². The van der Waals surface area contributed by atoms with E-state index in [0.29, 0.717) is 11.5 Å². The lowest BCUT2D eigenvalue weighted by atomic mass is 10.1. The van der Waals surface area contributed by atoms with Crippen molar-refractivity contribution in [3.8, 4) is 0 Å². The Balaban J connectivity index is 1.84. The number of anilines is 1. The third-order valence-corrected chi connectivity index (χ3v) is 4.42. The number of nitrogens with one attached hydrogen (secondary N) is 1. The zero-order valence-electron chi connectivity index (χ0n) is 11.8. The molecule has 0 saturated carbocycles. The van der Waals surface area contributed by atoms with Gasteiger partial charge < -0.3 is 0 Å². The molecular weight excluding hydrogens is 306 g/mol. The summed E-state index contributed by atoms with van der Waals surface area (Å²) in [6.07, 6.45) is 0.981.